The van der Waals surface area contributed by atoms with Crippen molar-refractivity contribution < 1.29 is 41.9 Å². The predicted octanol–water partition coefficient (Wildman–Crippen LogP) is 3.66. The van der Waals surface area contributed by atoms with E-state index in [4.69, 9.17) is 9.47 Å². The van der Waals surface area contributed by atoms with Crippen LogP contribution in [0.4, 0.5) is 9.59 Å². The summed E-state index contributed by atoms with van der Waals surface area (Å²) in [5.74, 6) is -2.95. The van der Waals surface area contributed by atoms with Crippen LogP contribution in [-0.2, 0) is 46.8 Å². The number of rotatable bonds is 9. The lowest BCUT2D eigenvalue weighted by molar-refractivity contribution is -0.143. The van der Waals surface area contributed by atoms with Crippen LogP contribution in [-0.4, -0.2) is 90.5 Å². The Balaban J connectivity index is 1.39. The van der Waals surface area contributed by atoms with Crippen molar-refractivity contribution in [2.75, 3.05) is 13.1 Å². The van der Waals surface area contributed by atoms with Gasteiger partial charge in [-0.1, -0.05) is 69.3 Å². The summed E-state index contributed by atoms with van der Waals surface area (Å²) in [5.41, 5.74) is -1.24. The summed E-state index contributed by atoms with van der Waals surface area (Å²) in [4.78, 5) is 71.3. The van der Waals surface area contributed by atoms with Gasteiger partial charge in [0.25, 0.3) is 15.9 Å². The summed E-state index contributed by atoms with van der Waals surface area (Å²) >= 11 is 0. The van der Waals surface area contributed by atoms with Crippen LogP contribution in [0.3, 0.4) is 0 Å². The molecular formula is C38H49N5O9S. The maximum absolute atomic E-state index is 14.4. The van der Waals surface area contributed by atoms with E-state index in [1.807, 2.05) is 24.3 Å². The van der Waals surface area contributed by atoms with E-state index < -0.39 is 80.6 Å². The van der Waals surface area contributed by atoms with Gasteiger partial charge < -0.3 is 29.9 Å². The van der Waals surface area contributed by atoms with Gasteiger partial charge in [-0.15, -0.1) is 6.58 Å². The molecule has 1 saturated carbocycles. The maximum atomic E-state index is 14.4. The van der Waals surface area contributed by atoms with Crippen molar-refractivity contribution in [3.63, 3.8) is 0 Å². The molecule has 14 nitrogen and oxygen atoms in total. The Hall–Kier alpha value is -4.92. The van der Waals surface area contributed by atoms with E-state index in [2.05, 4.69) is 21.9 Å². The van der Waals surface area contributed by atoms with E-state index in [9.17, 15) is 32.4 Å². The molecule has 1 aliphatic carbocycles. The molecule has 5 amide bonds. The van der Waals surface area contributed by atoms with Crippen molar-refractivity contribution in [1.29, 1.82) is 0 Å². The number of carbonyl (C=O) groups is 5. The van der Waals surface area contributed by atoms with Crippen LogP contribution in [0, 0.1) is 11.3 Å². The standard InChI is InChI=1S/C38H49N5O9S/c1-8-26-21-38(26,33(46)41-53(49,50)28-16-10-9-11-17-28)40-31(44)29-20-27(51-35(48)42-19-18-24-14-12-13-15-25(24)22-42)23-43(29)32(45)30(36(2,3)4)39-34(47)52-37(5,6)7/h8-17,26-27,29-30H,1,18-23H2,2-7H3,(H,39,47)(H,40,44)(H,41,46). The normalized spacial score (nSPS) is 23.2. The number of amides is 5. The fraction of sp³-hybridized carbons (Fsp3) is 0.500. The first-order valence-electron chi connectivity index (χ1n) is 17.6. The van der Waals surface area contributed by atoms with Gasteiger partial charge >= 0.3 is 12.2 Å². The lowest BCUT2D eigenvalue weighted by Crippen LogP contribution is -2.60. The molecule has 5 unspecified atom stereocenters. The van der Waals surface area contributed by atoms with Crippen molar-refractivity contribution in [1.82, 2.24) is 25.2 Å². The van der Waals surface area contributed by atoms with Crippen LogP contribution in [0.2, 0.25) is 0 Å². The maximum Gasteiger partial charge on any atom is 0.410 e. The summed E-state index contributed by atoms with van der Waals surface area (Å²) in [7, 11) is -4.28. The summed E-state index contributed by atoms with van der Waals surface area (Å²) in [6, 6.07) is 12.7. The number of nitrogens with one attached hydrogen (secondary N) is 3. The number of fused-ring (bicyclic) bond motifs is 1. The van der Waals surface area contributed by atoms with Crippen molar-refractivity contribution in [3.8, 4) is 0 Å². The number of hydrogen-bond donors (Lipinski definition) is 3. The number of sulfonamides is 1. The first-order chi connectivity index (χ1) is 24.7. The van der Waals surface area contributed by atoms with Crippen LogP contribution in [0.25, 0.3) is 0 Å². The minimum absolute atomic E-state index is 0.0682. The van der Waals surface area contributed by atoms with Crippen LogP contribution in [0.1, 0.15) is 65.5 Å². The molecule has 53 heavy (non-hydrogen) atoms. The topological polar surface area (TPSA) is 181 Å². The van der Waals surface area contributed by atoms with Gasteiger partial charge in [0.1, 0.15) is 29.3 Å². The quantitative estimate of drug-likeness (QED) is 0.323. The zero-order valence-corrected chi connectivity index (χ0v) is 31.8. The van der Waals surface area contributed by atoms with Gasteiger partial charge in [-0.2, -0.15) is 0 Å². The highest BCUT2D eigenvalue weighted by atomic mass is 32.2. The fourth-order valence-electron chi connectivity index (χ4n) is 6.69. The second-order valence-corrected chi connectivity index (χ2v) is 17.6. The molecule has 3 N–H and O–H groups in total. The molecule has 2 fully saturated rings. The fourth-order valence-corrected chi connectivity index (χ4v) is 7.75. The first-order valence-corrected chi connectivity index (χ1v) is 19.1. The lowest BCUT2D eigenvalue weighted by Gasteiger charge is -2.36. The van der Waals surface area contributed by atoms with Crippen molar-refractivity contribution in [2.45, 2.75) is 102 Å². The van der Waals surface area contributed by atoms with E-state index in [0.29, 0.717) is 19.5 Å². The third-order valence-corrected chi connectivity index (χ3v) is 11.0. The Bertz CT molecular complexity index is 1870. The van der Waals surface area contributed by atoms with Gasteiger partial charge in [-0.25, -0.2) is 22.7 Å². The SMILES string of the molecule is C=CC1CC1(NC(=O)C1CC(OC(=O)N2CCc3ccccc3C2)CN1C(=O)C(NC(=O)OC(C)(C)C)C(C)(C)C)C(=O)NS(=O)(=O)c1ccccc1. The van der Waals surface area contributed by atoms with Gasteiger partial charge in [0.15, 0.2) is 0 Å². The third kappa shape index (κ3) is 9.00. The molecule has 2 aliphatic heterocycles. The predicted molar refractivity (Wildman–Crippen MR) is 195 cm³/mol. The molecule has 2 aromatic carbocycles. The van der Waals surface area contributed by atoms with Crippen LogP contribution < -0.4 is 15.4 Å². The van der Waals surface area contributed by atoms with E-state index >= 15 is 0 Å². The number of nitrogens with zero attached hydrogens (tertiary/aromatic N) is 2. The van der Waals surface area contributed by atoms with Gasteiger partial charge in [0.05, 0.1) is 11.4 Å². The molecule has 0 bridgehead atoms. The van der Waals surface area contributed by atoms with Crippen LogP contribution >= 0.6 is 0 Å². The zero-order valence-electron chi connectivity index (χ0n) is 31.0. The minimum Gasteiger partial charge on any atom is -0.444 e. The van der Waals surface area contributed by atoms with Gasteiger partial charge in [-0.3, -0.25) is 14.4 Å². The third-order valence-electron chi connectivity index (χ3n) is 9.61. The first kappa shape index (κ1) is 39.3. The number of carbonyl (C=O) groups excluding carboxylic acids is 5. The van der Waals surface area contributed by atoms with Gasteiger partial charge in [0.2, 0.25) is 11.8 Å². The number of benzene rings is 2. The Morgan fingerprint density at radius 1 is 0.962 bits per heavy atom. The van der Waals surface area contributed by atoms with E-state index in [1.54, 1.807) is 52.5 Å². The van der Waals surface area contributed by atoms with Crippen molar-refractivity contribution in [3.05, 3.63) is 78.4 Å². The average Bonchev–Trinajstić information content (AvgIpc) is 3.64. The smallest absolute Gasteiger partial charge is 0.410 e. The molecule has 2 heterocycles. The van der Waals surface area contributed by atoms with Crippen LogP contribution in [0.5, 0.6) is 0 Å². The molecule has 5 atom stereocenters. The van der Waals surface area contributed by atoms with E-state index in [0.717, 1.165) is 11.1 Å². The molecular weight excluding hydrogens is 703 g/mol. The highest BCUT2D eigenvalue weighted by Crippen LogP contribution is 2.45. The number of likely N-dealkylation sites (tertiary alicyclic amines) is 1. The molecule has 2 aromatic rings. The Morgan fingerprint density at radius 3 is 2.21 bits per heavy atom. The molecule has 5 rings (SSSR count). The molecule has 0 spiro atoms. The summed E-state index contributed by atoms with van der Waals surface area (Å²) in [5, 5.41) is 5.38. The Morgan fingerprint density at radius 2 is 1.60 bits per heavy atom. The summed E-state index contributed by atoms with van der Waals surface area (Å²) in [6.07, 6.45) is -0.305. The minimum atomic E-state index is -4.28. The molecule has 0 aromatic heterocycles. The van der Waals surface area contributed by atoms with Crippen molar-refractivity contribution >= 4 is 39.9 Å². The average molecular weight is 752 g/mol. The van der Waals surface area contributed by atoms with Crippen molar-refractivity contribution in [2.24, 2.45) is 11.3 Å². The second kappa shape index (κ2) is 14.8. The molecule has 1 saturated heterocycles. The largest absolute Gasteiger partial charge is 0.444 e. The molecule has 0 radical (unpaired) electrons. The number of hydrogen-bond acceptors (Lipinski definition) is 9. The lowest BCUT2D eigenvalue weighted by atomic mass is 9.85. The zero-order chi connectivity index (χ0) is 38.9. The van der Waals surface area contributed by atoms with Gasteiger partial charge in [-0.05, 0) is 62.3 Å². The van der Waals surface area contributed by atoms with E-state index in [-0.39, 0.29) is 24.3 Å². The molecule has 3 aliphatic rings. The number of alkyl carbamates (subject to hydrolysis) is 1. The highest BCUT2D eigenvalue weighted by molar-refractivity contribution is 7.90. The summed E-state index contributed by atoms with van der Waals surface area (Å²) < 4.78 is 39.6. The second-order valence-electron chi connectivity index (χ2n) is 15.9. The molecule has 286 valence electrons. The number of ether oxygens (including phenoxy) is 2. The monoisotopic (exact) mass is 751 g/mol. The van der Waals surface area contributed by atoms with Crippen LogP contribution in [0.15, 0.2) is 72.1 Å². The highest BCUT2D eigenvalue weighted by Gasteiger charge is 2.61. The Labute approximate surface area is 310 Å². The Kier molecular flexibility index (Phi) is 11.0. The van der Waals surface area contributed by atoms with E-state index in [1.165, 1.54) is 35.2 Å². The molecule has 15 heteroatoms. The summed E-state index contributed by atoms with van der Waals surface area (Å²) in [6.45, 7) is 14.6. The van der Waals surface area contributed by atoms with Gasteiger partial charge in [0, 0.05) is 25.4 Å².